The lowest BCUT2D eigenvalue weighted by Crippen LogP contribution is -2.32. The van der Waals surface area contributed by atoms with Crippen molar-refractivity contribution in [3.8, 4) is 29.7 Å². The molecule has 7 nitrogen and oxygen atoms in total. The van der Waals surface area contributed by atoms with Gasteiger partial charge in [-0.1, -0.05) is 6.07 Å². The average Bonchev–Trinajstić information content (AvgIpc) is 3.28. The summed E-state index contributed by atoms with van der Waals surface area (Å²) in [4.78, 5) is 4.72. The maximum absolute atomic E-state index is 9.35. The van der Waals surface area contributed by atoms with Gasteiger partial charge in [-0.25, -0.2) is 0 Å². The second-order valence-electron chi connectivity index (χ2n) is 7.28. The third-order valence-corrected chi connectivity index (χ3v) is 5.32. The summed E-state index contributed by atoms with van der Waals surface area (Å²) in [6.07, 6.45) is 0. The van der Waals surface area contributed by atoms with Gasteiger partial charge in [0.15, 0.2) is 7.05 Å². The van der Waals surface area contributed by atoms with Crippen LogP contribution in [0.15, 0.2) is 60.7 Å². The second-order valence-corrected chi connectivity index (χ2v) is 7.28. The molecule has 0 unspecified atom stereocenters. The van der Waals surface area contributed by atoms with E-state index in [-0.39, 0.29) is 0 Å². The fraction of sp³-hybridized carbons (Fsp3) is 0.0833. The maximum Gasteiger partial charge on any atom is 0.256 e. The van der Waals surface area contributed by atoms with Crippen LogP contribution in [0.2, 0.25) is 0 Å². The molecule has 0 saturated heterocycles. The zero-order chi connectivity index (χ0) is 21.5. The molecule has 0 aliphatic rings. The molecular weight excluding hydrogens is 388 g/mol. The van der Waals surface area contributed by atoms with Gasteiger partial charge in [0, 0.05) is 23.8 Å². The van der Waals surface area contributed by atoms with Crippen molar-refractivity contribution >= 4 is 21.8 Å². The van der Waals surface area contributed by atoms with Crippen LogP contribution < -0.4 is 9.42 Å². The predicted octanol–water partition coefficient (Wildman–Crippen LogP) is 4.18. The van der Waals surface area contributed by atoms with Gasteiger partial charge in [-0.2, -0.15) is 15.5 Å². The number of fused-ring (bicyclic) bond motifs is 3. The van der Waals surface area contributed by atoms with Gasteiger partial charge in [-0.05, 0) is 42.5 Å². The highest BCUT2D eigenvalue weighted by atomic mass is 16.5. The van der Waals surface area contributed by atoms with Crippen molar-refractivity contribution in [2.45, 2.75) is 6.92 Å². The Morgan fingerprint density at radius 3 is 2.13 bits per heavy atom. The molecule has 0 spiro atoms. The first kappa shape index (κ1) is 18.4. The SMILES string of the molecule is Cc1cc(Oc2cccc(-n3c4ccc(C#N)cc4c4cc(C#N)ccc43)n2)[nH][n+]1C. The van der Waals surface area contributed by atoms with E-state index in [1.807, 2.05) is 65.7 Å². The topological polar surface area (TPSA) is 94.3 Å². The molecule has 31 heavy (non-hydrogen) atoms. The minimum Gasteiger partial charge on any atom is -0.417 e. The Morgan fingerprint density at radius 2 is 1.58 bits per heavy atom. The van der Waals surface area contributed by atoms with E-state index in [0.717, 1.165) is 27.5 Å². The van der Waals surface area contributed by atoms with Gasteiger partial charge >= 0.3 is 0 Å². The van der Waals surface area contributed by atoms with Gasteiger partial charge in [-0.3, -0.25) is 4.57 Å². The quantitative estimate of drug-likeness (QED) is 0.456. The second kappa shape index (κ2) is 7.01. The molecular formula is C24H17N6O+. The van der Waals surface area contributed by atoms with Crippen molar-refractivity contribution in [2.24, 2.45) is 7.05 Å². The van der Waals surface area contributed by atoms with Crippen LogP contribution in [0.25, 0.3) is 27.6 Å². The molecule has 0 amide bonds. The number of benzene rings is 2. The van der Waals surface area contributed by atoms with Crippen molar-refractivity contribution in [3.63, 3.8) is 0 Å². The number of aromatic amines is 1. The van der Waals surface area contributed by atoms with Crippen molar-refractivity contribution in [1.82, 2.24) is 14.6 Å². The number of aromatic nitrogens is 4. The molecule has 5 rings (SSSR count). The Morgan fingerprint density at radius 1 is 0.935 bits per heavy atom. The van der Waals surface area contributed by atoms with Crippen LogP contribution in [0.1, 0.15) is 16.8 Å². The van der Waals surface area contributed by atoms with Crippen LogP contribution in [0, 0.1) is 29.6 Å². The largest absolute Gasteiger partial charge is 0.417 e. The third kappa shape index (κ3) is 3.06. The molecule has 0 fully saturated rings. The number of aryl methyl sites for hydroxylation is 2. The molecule has 0 aliphatic heterocycles. The van der Waals surface area contributed by atoms with Crippen LogP contribution in [0.4, 0.5) is 0 Å². The fourth-order valence-electron chi connectivity index (χ4n) is 3.73. The minimum atomic E-state index is 0.455. The highest BCUT2D eigenvalue weighted by molar-refractivity contribution is 6.09. The number of ether oxygens (including phenoxy) is 1. The minimum absolute atomic E-state index is 0.455. The van der Waals surface area contributed by atoms with Gasteiger partial charge < -0.3 is 4.74 Å². The van der Waals surface area contributed by atoms with E-state index in [0.29, 0.717) is 28.7 Å². The lowest BCUT2D eigenvalue weighted by Gasteiger charge is -2.08. The third-order valence-electron chi connectivity index (χ3n) is 5.32. The van der Waals surface area contributed by atoms with Gasteiger partial charge in [0.05, 0.1) is 40.4 Å². The van der Waals surface area contributed by atoms with E-state index in [1.165, 1.54) is 0 Å². The molecule has 1 N–H and O–H groups in total. The summed E-state index contributed by atoms with van der Waals surface area (Å²) in [5.41, 5.74) is 3.96. The fourth-order valence-corrected chi connectivity index (χ4v) is 3.73. The summed E-state index contributed by atoms with van der Waals surface area (Å²) in [6, 6.07) is 22.9. The van der Waals surface area contributed by atoms with Crippen LogP contribution in [0.5, 0.6) is 11.8 Å². The first-order valence-corrected chi connectivity index (χ1v) is 9.67. The Hall–Kier alpha value is -4.62. The van der Waals surface area contributed by atoms with E-state index in [2.05, 4.69) is 17.2 Å². The number of nitrogens with zero attached hydrogens (tertiary/aromatic N) is 5. The highest BCUT2D eigenvalue weighted by Gasteiger charge is 2.16. The van der Waals surface area contributed by atoms with Gasteiger partial charge in [0.2, 0.25) is 11.6 Å². The van der Waals surface area contributed by atoms with Crippen molar-refractivity contribution in [3.05, 3.63) is 77.5 Å². The first-order chi connectivity index (χ1) is 15.1. The normalized spacial score (nSPS) is 10.8. The van der Waals surface area contributed by atoms with Gasteiger partial charge in [0.25, 0.3) is 5.88 Å². The van der Waals surface area contributed by atoms with E-state index in [9.17, 15) is 10.5 Å². The average molecular weight is 405 g/mol. The molecule has 0 radical (unpaired) electrons. The molecule has 5 aromatic rings. The Kier molecular flexibility index (Phi) is 4.17. The zero-order valence-corrected chi connectivity index (χ0v) is 16.9. The van der Waals surface area contributed by atoms with Crippen LogP contribution in [0.3, 0.4) is 0 Å². The van der Waals surface area contributed by atoms with Gasteiger partial charge in [-0.15, -0.1) is 9.78 Å². The Bertz CT molecular complexity index is 1470. The smallest absolute Gasteiger partial charge is 0.256 e. The van der Waals surface area contributed by atoms with Crippen LogP contribution in [-0.4, -0.2) is 14.6 Å². The zero-order valence-electron chi connectivity index (χ0n) is 16.9. The summed E-state index contributed by atoms with van der Waals surface area (Å²) < 4.78 is 9.81. The monoisotopic (exact) mass is 405 g/mol. The van der Waals surface area contributed by atoms with Crippen molar-refractivity contribution < 1.29 is 9.42 Å². The number of nitrogens with one attached hydrogen (secondary N) is 1. The summed E-state index contributed by atoms with van der Waals surface area (Å²) in [6.45, 7) is 1.98. The molecule has 0 bridgehead atoms. The predicted molar refractivity (Wildman–Crippen MR) is 115 cm³/mol. The highest BCUT2D eigenvalue weighted by Crippen LogP contribution is 2.33. The summed E-state index contributed by atoms with van der Waals surface area (Å²) in [5.74, 6) is 1.74. The number of hydrogen-bond donors (Lipinski definition) is 1. The number of H-pyrrole nitrogens is 1. The Balaban J connectivity index is 1.71. The lowest BCUT2D eigenvalue weighted by atomic mass is 10.1. The Labute approximate surface area is 178 Å². The summed E-state index contributed by atoms with van der Waals surface area (Å²) in [5, 5.41) is 23.6. The standard InChI is InChI=1S/C24H16N6O/c1-15-10-24(28-29(15)2)31-23-5-3-4-22(27-23)30-20-8-6-16(13-25)11-18(20)19-12-17(14-26)7-9-21(19)30/h3-12H,1-2H3/p+1. The molecule has 0 saturated carbocycles. The van der Waals surface area contributed by atoms with E-state index in [1.54, 1.807) is 18.2 Å². The number of rotatable bonds is 3. The molecule has 148 valence electrons. The van der Waals surface area contributed by atoms with Crippen LogP contribution in [-0.2, 0) is 7.05 Å². The molecule has 3 aromatic heterocycles. The summed E-state index contributed by atoms with van der Waals surface area (Å²) >= 11 is 0. The van der Waals surface area contributed by atoms with E-state index < -0.39 is 0 Å². The molecule has 0 atom stereocenters. The number of pyridine rings is 1. The van der Waals surface area contributed by atoms with Crippen molar-refractivity contribution in [2.75, 3.05) is 0 Å². The van der Waals surface area contributed by atoms with Gasteiger partial charge in [0.1, 0.15) is 5.82 Å². The number of nitriles is 2. The molecule has 7 heteroatoms. The lowest BCUT2D eigenvalue weighted by molar-refractivity contribution is -0.732. The molecule has 0 aliphatic carbocycles. The first-order valence-electron chi connectivity index (χ1n) is 9.67. The van der Waals surface area contributed by atoms with E-state index in [4.69, 9.17) is 9.72 Å². The van der Waals surface area contributed by atoms with Crippen molar-refractivity contribution in [1.29, 1.82) is 10.5 Å². The molecule has 3 heterocycles. The van der Waals surface area contributed by atoms with E-state index >= 15 is 0 Å². The molecule has 2 aromatic carbocycles. The van der Waals surface area contributed by atoms with Crippen LogP contribution >= 0.6 is 0 Å². The maximum atomic E-state index is 9.35. The summed E-state index contributed by atoms with van der Waals surface area (Å²) in [7, 11) is 1.91. The number of hydrogen-bond acceptors (Lipinski definition) is 4.